The average Bonchev–Trinajstić information content (AvgIpc) is 3.08. The van der Waals surface area contributed by atoms with Gasteiger partial charge >= 0.3 is 0 Å². The minimum atomic E-state index is -4.00. The molecule has 0 atom stereocenters. The van der Waals surface area contributed by atoms with E-state index in [-0.39, 0.29) is 22.5 Å². The van der Waals surface area contributed by atoms with E-state index in [1.165, 1.54) is 0 Å². The predicted molar refractivity (Wildman–Crippen MR) is 75.4 cm³/mol. The zero-order valence-corrected chi connectivity index (χ0v) is 13.1. The highest BCUT2D eigenvalue weighted by atomic mass is 35.7. The molecule has 2 rings (SSSR count). The molecule has 1 heterocycles. The summed E-state index contributed by atoms with van der Waals surface area (Å²) in [6, 6.07) is 0.199. The van der Waals surface area contributed by atoms with Crippen LogP contribution in [0.2, 0.25) is 0 Å². The van der Waals surface area contributed by atoms with Crippen LogP contribution in [0.15, 0.2) is 4.90 Å². The van der Waals surface area contributed by atoms with E-state index in [2.05, 4.69) is 10.2 Å². The Morgan fingerprint density at radius 1 is 1.45 bits per heavy atom. The standard InChI is InChI=1S/C12H18ClN3O3S/c1-3-5-9-11(20(13,18)19)10(15-14-9)12(17)16(4-2)8-6-7-8/h8H,3-7H2,1-2H3,(H,14,15). The lowest BCUT2D eigenvalue weighted by molar-refractivity contribution is 0.0742. The first kappa shape index (κ1) is 15.3. The van der Waals surface area contributed by atoms with E-state index in [0.717, 1.165) is 19.3 Å². The van der Waals surface area contributed by atoms with Gasteiger partial charge in [-0.25, -0.2) is 8.42 Å². The van der Waals surface area contributed by atoms with Crippen LogP contribution in [0.25, 0.3) is 0 Å². The Balaban J connectivity index is 2.43. The number of H-pyrrole nitrogens is 1. The van der Waals surface area contributed by atoms with Crippen LogP contribution in [0, 0.1) is 0 Å². The van der Waals surface area contributed by atoms with Crippen molar-refractivity contribution in [3.8, 4) is 0 Å². The zero-order valence-electron chi connectivity index (χ0n) is 11.5. The number of amides is 1. The second kappa shape index (κ2) is 5.73. The minimum absolute atomic E-state index is 0.0859. The maximum atomic E-state index is 12.5. The van der Waals surface area contributed by atoms with Crippen LogP contribution in [0.3, 0.4) is 0 Å². The van der Waals surface area contributed by atoms with Crippen LogP contribution < -0.4 is 0 Å². The third kappa shape index (κ3) is 2.98. The summed E-state index contributed by atoms with van der Waals surface area (Å²) in [7, 11) is 1.47. The summed E-state index contributed by atoms with van der Waals surface area (Å²) in [6.45, 7) is 4.31. The molecular weight excluding hydrogens is 302 g/mol. The quantitative estimate of drug-likeness (QED) is 0.812. The molecule has 0 aliphatic heterocycles. The summed E-state index contributed by atoms with van der Waals surface area (Å²) < 4.78 is 23.5. The van der Waals surface area contributed by atoms with E-state index in [1.54, 1.807) is 4.90 Å². The van der Waals surface area contributed by atoms with Crippen LogP contribution >= 0.6 is 10.7 Å². The van der Waals surface area contributed by atoms with E-state index < -0.39 is 9.05 Å². The molecule has 6 nitrogen and oxygen atoms in total. The highest BCUT2D eigenvalue weighted by Crippen LogP contribution is 2.30. The van der Waals surface area contributed by atoms with Crippen LogP contribution in [-0.4, -0.2) is 42.0 Å². The van der Waals surface area contributed by atoms with Gasteiger partial charge in [0.2, 0.25) is 0 Å². The molecule has 0 bridgehead atoms. The number of nitrogens with one attached hydrogen (secondary N) is 1. The van der Waals surface area contributed by atoms with E-state index in [0.29, 0.717) is 18.7 Å². The predicted octanol–water partition coefficient (Wildman–Crippen LogP) is 1.91. The second-order valence-corrected chi connectivity index (χ2v) is 7.39. The Morgan fingerprint density at radius 3 is 2.55 bits per heavy atom. The molecule has 0 radical (unpaired) electrons. The SMILES string of the molecule is CCCc1[nH]nc(C(=O)N(CC)C2CC2)c1S(=O)(=O)Cl. The molecular formula is C12H18ClN3O3S. The fraction of sp³-hybridized carbons (Fsp3) is 0.667. The zero-order chi connectivity index (χ0) is 14.9. The van der Waals surface area contributed by atoms with Crippen molar-refractivity contribution in [2.75, 3.05) is 6.54 Å². The molecule has 1 aliphatic rings. The summed E-state index contributed by atoms with van der Waals surface area (Å²) in [5.74, 6) is -0.368. The lowest BCUT2D eigenvalue weighted by Crippen LogP contribution is -2.33. The Kier molecular flexibility index (Phi) is 4.39. The first-order chi connectivity index (χ1) is 9.40. The van der Waals surface area contributed by atoms with Crippen molar-refractivity contribution in [2.24, 2.45) is 0 Å². The number of aromatic amines is 1. The number of hydrogen-bond acceptors (Lipinski definition) is 4. The fourth-order valence-corrected chi connectivity index (χ4v) is 3.59. The first-order valence-corrected chi connectivity index (χ1v) is 9.03. The average molecular weight is 320 g/mol. The molecule has 8 heteroatoms. The lowest BCUT2D eigenvalue weighted by Gasteiger charge is -2.19. The summed E-state index contributed by atoms with van der Waals surface area (Å²) in [6.07, 6.45) is 3.12. The van der Waals surface area contributed by atoms with E-state index in [9.17, 15) is 13.2 Å². The minimum Gasteiger partial charge on any atom is -0.335 e. The van der Waals surface area contributed by atoms with Crippen LogP contribution in [0.4, 0.5) is 0 Å². The summed E-state index contributed by atoms with van der Waals surface area (Å²) >= 11 is 0. The summed E-state index contributed by atoms with van der Waals surface area (Å²) in [5.41, 5.74) is 0.315. The Labute approximate surface area is 122 Å². The molecule has 1 N–H and O–H groups in total. The molecule has 0 spiro atoms. The Morgan fingerprint density at radius 2 is 2.10 bits per heavy atom. The molecule has 20 heavy (non-hydrogen) atoms. The molecule has 1 aliphatic carbocycles. The smallest absolute Gasteiger partial charge is 0.276 e. The number of aryl methyl sites for hydroxylation is 1. The highest BCUT2D eigenvalue weighted by molar-refractivity contribution is 8.13. The van der Waals surface area contributed by atoms with Gasteiger partial charge in [0.25, 0.3) is 15.0 Å². The topological polar surface area (TPSA) is 83.1 Å². The highest BCUT2D eigenvalue weighted by Gasteiger charge is 2.36. The van der Waals surface area contributed by atoms with E-state index in [1.807, 2.05) is 13.8 Å². The molecule has 0 saturated heterocycles. The van der Waals surface area contributed by atoms with Gasteiger partial charge in [-0.3, -0.25) is 9.89 Å². The van der Waals surface area contributed by atoms with Crippen LogP contribution in [-0.2, 0) is 15.5 Å². The van der Waals surface area contributed by atoms with Crippen LogP contribution in [0.1, 0.15) is 49.3 Å². The van der Waals surface area contributed by atoms with Gasteiger partial charge < -0.3 is 4.90 Å². The van der Waals surface area contributed by atoms with Gasteiger partial charge in [-0.1, -0.05) is 13.3 Å². The Bertz CT molecular complexity index is 607. The molecule has 112 valence electrons. The van der Waals surface area contributed by atoms with Crippen molar-refractivity contribution >= 4 is 25.6 Å². The van der Waals surface area contributed by atoms with Crippen molar-refractivity contribution in [3.63, 3.8) is 0 Å². The van der Waals surface area contributed by atoms with Crippen molar-refractivity contribution < 1.29 is 13.2 Å². The third-order valence-electron chi connectivity index (χ3n) is 3.33. The largest absolute Gasteiger partial charge is 0.335 e. The number of aromatic nitrogens is 2. The second-order valence-electron chi connectivity index (χ2n) is 4.89. The van der Waals surface area contributed by atoms with Crippen molar-refractivity contribution in [3.05, 3.63) is 11.4 Å². The number of carbonyl (C=O) groups excluding carboxylic acids is 1. The fourth-order valence-electron chi connectivity index (χ4n) is 2.28. The maximum Gasteiger partial charge on any atom is 0.276 e. The first-order valence-electron chi connectivity index (χ1n) is 6.73. The summed E-state index contributed by atoms with van der Waals surface area (Å²) in [5, 5.41) is 6.54. The van der Waals surface area contributed by atoms with Crippen molar-refractivity contribution in [1.29, 1.82) is 0 Å². The van der Waals surface area contributed by atoms with E-state index in [4.69, 9.17) is 10.7 Å². The van der Waals surface area contributed by atoms with Gasteiger partial charge in [0.05, 0.1) is 5.69 Å². The molecule has 1 saturated carbocycles. The molecule has 1 aromatic rings. The molecule has 1 amide bonds. The van der Waals surface area contributed by atoms with Crippen molar-refractivity contribution in [1.82, 2.24) is 15.1 Å². The Hall–Kier alpha value is -1.08. The number of halogens is 1. The van der Waals surface area contributed by atoms with Gasteiger partial charge in [0.15, 0.2) is 5.69 Å². The molecule has 0 aromatic carbocycles. The van der Waals surface area contributed by atoms with Gasteiger partial charge in [-0.15, -0.1) is 0 Å². The van der Waals surface area contributed by atoms with Crippen LogP contribution in [0.5, 0.6) is 0 Å². The number of hydrogen-bond donors (Lipinski definition) is 1. The van der Waals surface area contributed by atoms with Gasteiger partial charge in [0.1, 0.15) is 4.90 Å². The molecule has 1 fully saturated rings. The number of carbonyl (C=O) groups is 1. The van der Waals surface area contributed by atoms with Gasteiger partial charge in [-0.2, -0.15) is 5.10 Å². The van der Waals surface area contributed by atoms with Gasteiger partial charge in [-0.05, 0) is 26.2 Å². The summed E-state index contributed by atoms with van der Waals surface area (Å²) in [4.78, 5) is 14.0. The number of nitrogens with zero attached hydrogens (tertiary/aromatic N) is 2. The maximum absolute atomic E-state index is 12.5. The van der Waals surface area contributed by atoms with Gasteiger partial charge in [0, 0.05) is 23.3 Å². The molecule has 1 aromatic heterocycles. The van der Waals surface area contributed by atoms with E-state index >= 15 is 0 Å². The van der Waals surface area contributed by atoms with Crippen molar-refractivity contribution in [2.45, 2.75) is 50.5 Å². The number of rotatable bonds is 6. The molecule has 0 unspecified atom stereocenters. The lowest BCUT2D eigenvalue weighted by atomic mass is 10.2. The normalized spacial score (nSPS) is 15.3. The third-order valence-corrected chi connectivity index (χ3v) is 4.72. The monoisotopic (exact) mass is 319 g/mol.